The van der Waals surface area contributed by atoms with Crippen molar-refractivity contribution < 1.29 is 17.7 Å². The van der Waals surface area contributed by atoms with Gasteiger partial charge in [-0.3, -0.25) is 10.3 Å². The molecule has 0 bridgehead atoms. The third kappa shape index (κ3) is 8.26. The molecule has 1 radical (unpaired) electrons. The molecule has 0 spiro atoms. The number of pyridine rings is 1. The first-order valence-corrected chi connectivity index (χ1v) is 11.0. The Balaban J connectivity index is 1.81. The van der Waals surface area contributed by atoms with Crippen molar-refractivity contribution in [3.05, 3.63) is 90.1 Å². The van der Waals surface area contributed by atoms with Crippen LogP contribution in [-0.4, -0.2) is 53.3 Å². The fraction of sp³-hybridized carbons (Fsp3) is 0.280. The molecule has 0 aliphatic heterocycles. The first kappa shape index (κ1) is 22.0. The monoisotopic (exact) mass is 444 g/mol. The van der Waals surface area contributed by atoms with Crippen LogP contribution < -0.4 is 5.34 Å². The lowest BCUT2D eigenvalue weighted by molar-refractivity contribution is 0.0551. The Hall–Kier alpha value is -2.77. The number of nitrogens with zero attached hydrogens (tertiary/aromatic N) is 2. The normalized spacial score (nSPS) is 14.2. The summed E-state index contributed by atoms with van der Waals surface area (Å²) in [7, 11) is 0.424. The van der Waals surface area contributed by atoms with Crippen LogP contribution in [0.2, 0.25) is 13.1 Å². The van der Waals surface area contributed by atoms with Crippen LogP contribution >= 0.6 is 0 Å². The van der Waals surface area contributed by atoms with Gasteiger partial charge in [-0.25, -0.2) is 5.01 Å². The van der Waals surface area contributed by atoms with Crippen molar-refractivity contribution in [3.8, 4) is 11.3 Å². The number of hydrogen-bond acceptors (Lipinski definition) is 6. The van der Waals surface area contributed by atoms with Gasteiger partial charge in [0, 0.05) is 27.5 Å². The Bertz CT molecular complexity index is 1040. The van der Waals surface area contributed by atoms with Gasteiger partial charge in [0.25, 0.3) is 0 Å². The zero-order valence-electron chi connectivity index (χ0n) is 20.7. The Morgan fingerprint density at radius 2 is 1.85 bits per heavy atom. The summed E-state index contributed by atoms with van der Waals surface area (Å²) in [5.74, 6) is -0.316. The first-order chi connectivity index (χ1) is 16.8. The van der Waals surface area contributed by atoms with Gasteiger partial charge in [0.05, 0.1) is 18.0 Å². The van der Waals surface area contributed by atoms with E-state index >= 15 is 0 Å². The van der Waals surface area contributed by atoms with Gasteiger partial charge in [-0.05, 0) is 42.4 Å². The van der Waals surface area contributed by atoms with E-state index < -0.39 is 19.7 Å². The van der Waals surface area contributed by atoms with E-state index in [-0.39, 0.29) is 12.5 Å². The van der Waals surface area contributed by atoms with Crippen molar-refractivity contribution in [1.29, 1.82) is 0 Å². The molecule has 1 aromatic heterocycles. The van der Waals surface area contributed by atoms with Crippen LogP contribution in [0.25, 0.3) is 11.3 Å². The number of aliphatic hydroxyl groups excluding tert-OH is 1. The van der Waals surface area contributed by atoms with Crippen molar-refractivity contribution in [2.24, 2.45) is 5.92 Å². The lowest BCUT2D eigenvalue weighted by Gasteiger charge is -2.30. The summed E-state index contributed by atoms with van der Waals surface area (Å²) < 4.78 is 17.6. The molecule has 2 aromatic carbocycles. The van der Waals surface area contributed by atoms with E-state index in [4.69, 9.17) is 2.74 Å². The third-order valence-electron chi connectivity index (χ3n) is 5.24. The van der Waals surface area contributed by atoms with E-state index in [2.05, 4.69) is 10.3 Å². The summed E-state index contributed by atoms with van der Waals surface area (Å²) in [5.41, 5.74) is 3.01. The molecular formula is C25H30B2N3O3. The van der Waals surface area contributed by atoms with Crippen LogP contribution in [0.15, 0.2) is 79.0 Å². The Morgan fingerprint density at radius 3 is 2.48 bits per heavy atom. The quantitative estimate of drug-likeness (QED) is 0.214. The summed E-state index contributed by atoms with van der Waals surface area (Å²) in [6.07, 6.45) is 2.31. The van der Waals surface area contributed by atoms with Gasteiger partial charge in [-0.2, -0.15) is 0 Å². The molecule has 33 heavy (non-hydrogen) atoms. The zero-order chi connectivity index (χ0) is 25.3. The van der Waals surface area contributed by atoms with Crippen LogP contribution in [0.3, 0.4) is 0 Å². The summed E-state index contributed by atoms with van der Waals surface area (Å²) in [6.45, 7) is -0.669. The number of nitrogens with one attached hydrogen (secondary N) is 1. The summed E-state index contributed by atoms with van der Waals surface area (Å²) in [4.78, 5) is 15.3. The highest BCUT2D eigenvalue weighted by molar-refractivity contribution is 6.66. The van der Waals surface area contributed by atoms with Crippen LogP contribution in [0.1, 0.15) is 13.9 Å². The molecule has 0 aliphatic carbocycles. The molecule has 0 aliphatic rings. The number of carbonyl (C=O) groups is 1. The Labute approximate surface area is 199 Å². The fourth-order valence-corrected chi connectivity index (χ4v) is 3.62. The molecule has 0 fully saturated rings. The largest absolute Gasteiger partial charge is 0.437 e. The van der Waals surface area contributed by atoms with Gasteiger partial charge in [0.1, 0.15) is 0 Å². The Morgan fingerprint density at radius 1 is 1.12 bits per heavy atom. The number of benzene rings is 2. The number of rotatable bonds is 13. The number of hydrazine groups is 1. The molecule has 8 heteroatoms. The fourth-order valence-electron chi connectivity index (χ4n) is 3.62. The molecule has 0 saturated carbocycles. The van der Waals surface area contributed by atoms with Crippen LogP contribution in [-0.2, 0) is 17.7 Å². The maximum Gasteiger partial charge on any atom is 0.388 e. The molecule has 3 rings (SSSR count). The van der Waals surface area contributed by atoms with Crippen molar-refractivity contribution >= 4 is 20.5 Å². The number of carbonyl (C=O) groups excluding carboxylic acids is 1. The van der Waals surface area contributed by atoms with E-state index in [1.165, 1.54) is 19.1 Å². The van der Waals surface area contributed by atoms with Crippen LogP contribution in [0, 0.1) is 5.92 Å². The van der Waals surface area contributed by atoms with Crippen LogP contribution in [0.5, 0.6) is 0 Å². The molecule has 6 nitrogen and oxygen atoms in total. The number of hydrogen-bond donors (Lipinski definition) is 3. The van der Waals surface area contributed by atoms with Crippen molar-refractivity contribution in [2.75, 3.05) is 6.54 Å². The average molecular weight is 444 g/mol. The third-order valence-corrected chi connectivity index (χ3v) is 5.24. The maximum atomic E-state index is 11.1. The van der Waals surface area contributed by atoms with E-state index in [1.807, 2.05) is 48.5 Å². The highest BCUT2D eigenvalue weighted by Crippen LogP contribution is 2.20. The standard InChI is InChI=1S/C25H30B2N3O3/c1-27(33)29-30(17-21-10-12-22(13-11-21)24-9-5-6-14-28-24)18-25(32)23(16-26-19-31)15-20-7-3-2-4-8-20/h2-14,19,23,25,29,32-33H,15-18H2,1H3/t23-,25+/m1/s1/i17D2. The number of aromatic nitrogens is 1. The SMILES string of the molecule is [2H]C([2H])(c1ccc(-c2ccccn2)cc1)N(C[C@H](O)[C@@H](C[B]C=O)Cc1ccccc1)NB(C)O. The molecule has 0 saturated heterocycles. The molecule has 3 N–H and O–H groups in total. The summed E-state index contributed by atoms with van der Waals surface area (Å²) in [5, 5.41) is 25.1. The van der Waals surface area contributed by atoms with E-state index in [0.717, 1.165) is 16.8 Å². The van der Waals surface area contributed by atoms with Gasteiger partial charge >= 0.3 is 7.05 Å². The molecule has 1 heterocycles. The van der Waals surface area contributed by atoms with E-state index in [1.54, 1.807) is 30.5 Å². The highest BCUT2D eigenvalue weighted by Gasteiger charge is 2.23. The van der Waals surface area contributed by atoms with Gasteiger partial charge < -0.3 is 14.9 Å². The lowest BCUT2D eigenvalue weighted by Crippen LogP contribution is -2.50. The molecule has 0 unspecified atom stereocenters. The van der Waals surface area contributed by atoms with E-state index in [9.17, 15) is 14.9 Å². The molecule has 169 valence electrons. The first-order valence-electron chi connectivity index (χ1n) is 12.0. The minimum absolute atomic E-state index is 0.107. The Kier molecular flexibility index (Phi) is 8.73. The van der Waals surface area contributed by atoms with Crippen molar-refractivity contribution in [3.63, 3.8) is 0 Å². The highest BCUT2D eigenvalue weighted by atomic mass is 16.3. The van der Waals surface area contributed by atoms with Gasteiger partial charge in [0.15, 0.2) is 7.28 Å². The minimum Gasteiger partial charge on any atom is -0.437 e. The molecule has 2 atom stereocenters. The lowest BCUT2D eigenvalue weighted by atomic mass is 9.68. The van der Waals surface area contributed by atoms with Crippen molar-refractivity contribution in [2.45, 2.75) is 32.2 Å². The predicted molar refractivity (Wildman–Crippen MR) is 134 cm³/mol. The second kappa shape index (κ2) is 13.1. The van der Waals surface area contributed by atoms with Crippen molar-refractivity contribution in [1.82, 2.24) is 15.3 Å². The summed E-state index contributed by atoms with van der Waals surface area (Å²) >= 11 is 0. The maximum absolute atomic E-state index is 11.1. The van der Waals surface area contributed by atoms with Gasteiger partial charge in [0.2, 0.25) is 0 Å². The predicted octanol–water partition coefficient (Wildman–Crippen LogP) is 2.70. The van der Waals surface area contributed by atoms with Crippen LogP contribution in [0.4, 0.5) is 0 Å². The minimum atomic E-state index is -2.05. The second-order valence-corrected chi connectivity index (χ2v) is 7.94. The zero-order valence-corrected chi connectivity index (χ0v) is 18.7. The smallest absolute Gasteiger partial charge is 0.388 e. The molecule has 0 amide bonds. The molecule has 3 aromatic rings. The number of aliphatic hydroxyl groups is 1. The second-order valence-electron chi connectivity index (χ2n) is 7.94. The van der Waals surface area contributed by atoms with E-state index in [0.29, 0.717) is 24.5 Å². The average Bonchev–Trinajstić information content (AvgIpc) is 2.87. The topological polar surface area (TPSA) is 85.7 Å². The summed E-state index contributed by atoms with van der Waals surface area (Å²) in [6, 6.07) is 22.2. The van der Waals surface area contributed by atoms with Gasteiger partial charge in [-0.1, -0.05) is 67.0 Å². The van der Waals surface area contributed by atoms with Gasteiger partial charge in [-0.15, -0.1) is 0 Å². The molecular weight excluding hydrogens is 412 g/mol.